The van der Waals surface area contributed by atoms with Crippen LogP contribution in [-0.2, 0) is 5.54 Å². The molecule has 13 heavy (non-hydrogen) atoms. The van der Waals surface area contributed by atoms with Crippen molar-refractivity contribution in [3.05, 3.63) is 33.3 Å². The van der Waals surface area contributed by atoms with E-state index in [1.54, 1.807) is 0 Å². The molecular formula is C9H12BrCl2N. The summed E-state index contributed by atoms with van der Waals surface area (Å²) in [5, 5.41) is 0.705. The van der Waals surface area contributed by atoms with E-state index in [2.05, 4.69) is 15.9 Å². The molecule has 0 aliphatic heterocycles. The van der Waals surface area contributed by atoms with Crippen molar-refractivity contribution in [2.24, 2.45) is 5.73 Å². The van der Waals surface area contributed by atoms with Crippen LogP contribution in [0, 0.1) is 0 Å². The Morgan fingerprint density at radius 2 is 1.92 bits per heavy atom. The number of halogens is 3. The zero-order chi connectivity index (χ0) is 9.35. The summed E-state index contributed by atoms with van der Waals surface area (Å²) in [7, 11) is 0. The number of hydrogen-bond donors (Lipinski definition) is 1. The Bertz CT molecular complexity index is 294. The standard InChI is InChI=1S/C9H11BrClN.ClH/c1-9(2,12)7-4-3-6(10)5-8(7)11;/h3-5H,12H2,1-2H3;1H. The summed E-state index contributed by atoms with van der Waals surface area (Å²) in [4.78, 5) is 0. The maximum atomic E-state index is 6.00. The second-order valence-corrected chi connectivity index (χ2v) is 4.67. The summed E-state index contributed by atoms with van der Waals surface area (Å²) in [6, 6.07) is 5.73. The number of nitrogens with two attached hydrogens (primary N) is 1. The van der Waals surface area contributed by atoms with Crippen LogP contribution in [0.25, 0.3) is 0 Å². The van der Waals surface area contributed by atoms with Crippen LogP contribution in [0.15, 0.2) is 22.7 Å². The van der Waals surface area contributed by atoms with Crippen LogP contribution in [-0.4, -0.2) is 0 Å². The Kier molecular flexibility index (Phi) is 4.73. The SMILES string of the molecule is CC(C)(N)c1ccc(Br)cc1Cl.Cl. The molecular weight excluding hydrogens is 273 g/mol. The topological polar surface area (TPSA) is 26.0 Å². The fourth-order valence-corrected chi connectivity index (χ4v) is 1.93. The van der Waals surface area contributed by atoms with E-state index in [0.717, 1.165) is 10.0 Å². The van der Waals surface area contributed by atoms with Gasteiger partial charge in [-0.15, -0.1) is 12.4 Å². The van der Waals surface area contributed by atoms with E-state index in [9.17, 15) is 0 Å². The molecule has 0 radical (unpaired) electrons. The number of rotatable bonds is 1. The van der Waals surface area contributed by atoms with Gasteiger partial charge in [-0.2, -0.15) is 0 Å². The summed E-state index contributed by atoms with van der Waals surface area (Å²) < 4.78 is 0.973. The molecule has 0 saturated carbocycles. The molecule has 0 aliphatic carbocycles. The maximum Gasteiger partial charge on any atom is 0.0467 e. The lowest BCUT2D eigenvalue weighted by Gasteiger charge is -2.20. The third-order valence-electron chi connectivity index (χ3n) is 1.63. The lowest BCUT2D eigenvalue weighted by Crippen LogP contribution is -2.28. The largest absolute Gasteiger partial charge is 0.322 e. The van der Waals surface area contributed by atoms with Gasteiger partial charge in [0, 0.05) is 15.0 Å². The van der Waals surface area contributed by atoms with Gasteiger partial charge >= 0.3 is 0 Å². The predicted octanol–water partition coefficient (Wildman–Crippen LogP) is 3.72. The zero-order valence-corrected chi connectivity index (χ0v) is 10.6. The van der Waals surface area contributed by atoms with Gasteiger partial charge in [-0.05, 0) is 31.5 Å². The van der Waals surface area contributed by atoms with Crippen molar-refractivity contribution in [1.82, 2.24) is 0 Å². The summed E-state index contributed by atoms with van der Waals surface area (Å²) in [5.41, 5.74) is 6.50. The quantitative estimate of drug-likeness (QED) is 0.836. The molecule has 0 unspecified atom stereocenters. The van der Waals surface area contributed by atoms with Gasteiger partial charge in [0.25, 0.3) is 0 Å². The zero-order valence-electron chi connectivity index (χ0n) is 7.47. The molecule has 0 atom stereocenters. The first-order valence-corrected chi connectivity index (χ1v) is 4.83. The van der Waals surface area contributed by atoms with Crippen LogP contribution in [0.4, 0.5) is 0 Å². The fraction of sp³-hybridized carbons (Fsp3) is 0.333. The average Bonchev–Trinajstić information content (AvgIpc) is 1.83. The van der Waals surface area contributed by atoms with Crippen LogP contribution in [0.5, 0.6) is 0 Å². The van der Waals surface area contributed by atoms with Crippen LogP contribution in [0.1, 0.15) is 19.4 Å². The van der Waals surface area contributed by atoms with E-state index < -0.39 is 0 Å². The van der Waals surface area contributed by atoms with Crippen LogP contribution >= 0.6 is 39.9 Å². The Balaban J connectivity index is 0.00000144. The number of hydrogen-bond acceptors (Lipinski definition) is 1. The van der Waals surface area contributed by atoms with Gasteiger partial charge < -0.3 is 5.73 Å². The molecule has 0 aromatic heterocycles. The molecule has 2 N–H and O–H groups in total. The highest BCUT2D eigenvalue weighted by atomic mass is 79.9. The smallest absolute Gasteiger partial charge is 0.0467 e. The van der Waals surface area contributed by atoms with Gasteiger partial charge in [0.15, 0.2) is 0 Å². The van der Waals surface area contributed by atoms with Gasteiger partial charge in [0.2, 0.25) is 0 Å². The molecule has 1 rings (SSSR count). The normalized spacial score (nSPS) is 10.8. The van der Waals surface area contributed by atoms with Crippen molar-refractivity contribution < 1.29 is 0 Å². The number of benzene rings is 1. The summed E-state index contributed by atoms with van der Waals surface area (Å²) in [5.74, 6) is 0. The third kappa shape index (κ3) is 3.47. The molecule has 0 aliphatic rings. The minimum atomic E-state index is -0.377. The first kappa shape index (κ1) is 13.2. The van der Waals surface area contributed by atoms with Crippen molar-refractivity contribution in [2.75, 3.05) is 0 Å². The molecule has 0 spiro atoms. The van der Waals surface area contributed by atoms with Gasteiger partial charge in [0.05, 0.1) is 0 Å². The lowest BCUT2D eigenvalue weighted by atomic mass is 9.96. The Hall–Kier alpha value is 0.240. The van der Waals surface area contributed by atoms with E-state index in [1.807, 2.05) is 32.0 Å². The highest BCUT2D eigenvalue weighted by Gasteiger charge is 2.17. The van der Waals surface area contributed by atoms with Crippen molar-refractivity contribution in [1.29, 1.82) is 0 Å². The Morgan fingerprint density at radius 1 is 1.38 bits per heavy atom. The van der Waals surface area contributed by atoms with E-state index >= 15 is 0 Å². The second kappa shape index (κ2) is 4.65. The molecule has 1 nitrogen and oxygen atoms in total. The maximum absolute atomic E-state index is 6.00. The molecule has 1 aromatic rings. The molecule has 4 heteroatoms. The van der Waals surface area contributed by atoms with Gasteiger partial charge in [-0.3, -0.25) is 0 Å². The minimum Gasteiger partial charge on any atom is -0.322 e. The summed E-state index contributed by atoms with van der Waals surface area (Å²) in [6.45, 7) is 3.87. The molecule has 0 heterocycles. The Labute approximate surface area is 98.2 Å². The highest BCUT2D eigenvalue weighted by molar-refractivity contribution is 9.10. The molecule has 0 fully saturated rings. The summed E-state index contributed by atoms with van der Waals surface area (Å²) in [6.07, 6.45) is 0. The fourth-order valence-electron chi connectivity index (χ4n) is 1.01. The van der Waals surface area contributed by atoms with Gasteiger partial charge in [0.1, 0.15) is 0 Å². The van der Waals surface area contributed by atoms with Crippen LogP contribution < -0.4 is 5.73 Å². The molecule has 0 bridgehead atoms. The Morgan fingerprint density at radius 3 is 2.31 bits per heavy atom. The second-order valence-electron chi connectivity index (χ2n) is 3.35. The van der Waals surface area contributed by atoms with E-state index in [1.165, 1.54) is 0 Å². The summed E-state index contributed by atoms with van der Waals surface area (Å²) >= 11 is 9.34. The monoisotopic (exact) mass is 283 g/mol. The predicted molar refractivity (Wildman–Crippen MR) is 63.6 cm³/mol. The molecule has 74 valence electrons. The molecule has 1 aromatic carbocycles. The van der Waals surface area contributed by atoms with Crippen molar-refractivity contribution >= 4 is 39.9 Å². The van der Waals surface area contributed by atoms with E-state index in [-0.39, 0.29) is 17.9 Å². The third-order valence-corrected chi connectivity index (χ3v) is 2.43. The van der Waals surface area contributed by atoms with E-state index in [0.29, 0.717) is 5.02 Å². The molecule has 0 amide bonds. The van der Waals surface area contributed by atoms with Gasteiger partial charge in [-0.1, -0.05) is 33.6 Å². The van der Waals surface area contributed by atoms with Crippen molar-refractivity contribution in [3.63, 3.8) is 0 Å². The first-order chi connectivity index (χ1) is 5.41. The average molecular weight is 285 g/mol. The van der Waals surface area contributed by atoms with E-state index in [4.69, 9.17) is 17.3 Å². The lowest BCUT2D eigenvalue weighted by molar-refractivity contribution is 0.554. The van der Waals surface area contributed by atoms with Gasteiger partial charge in [-0.25, -0.2) is 0 Å². The minimum absolute atomic E-state index is 0. The van der Waals surface area contributed by atoms with Crippen molar-refractivity contribution in [2.45, 2.75) is 19.4 Å². The molecule has 0 saturated heterocycles. The van der Waals surface area contributed by atoms with Crippen LogP contribution in [0.2, 0.25) is 5.02 Å². The highest BCUT2D eigenvalue weighted by Crippen LogP contribution is 2.28. The van der Waals surface area contributed by atoms with Crippen molar-refractivity contribution in [3.8, 4) is 0 Å². The first-order valence-electron chi connectivity index (χ1n) is 3.65. The van der Waals surface area contributed by atoms with Crippen LogP contribution in [0.3, 0.4) is 0 Å².